The summed E-state index contributed by atoms with van der Waals surface area (Å²) in [7, 11) is 0. The van der Waals surface area contributed by atoms with Gasteiger partial charge in [-0.15, -0.1) is 0 Å². The van der Waals surface area contributed by atoms with Gasteiger partial charge >= 0.3 is 0 Å². The lowest BCUT2D eigenvalue weighted by Crippen LogP contribution is -2.34. The Morgan fingerprint density at radius 1 is 0.972 bits per heavy atom. The summed E-state index contributed by atoms with van der Waals surface area (Å²) in [5, 5.41) is 13.8. The Hall–Kier alpha value is -3.04. The van der Waals surface area contributed by atoms with E-state index in [1.54, 1.807) is 6.20 Å². The maximum absolute atomic E-state index is 6.46. The van der Waals surface area contributed by atoms with Crippen molar-refractivity contribution in [3.05, 3.63) is 43.2 Å². The van der Waals surface area contributed by atoms with Gasteiger partial charge in [0, 0.05) is 36.4 Å². The lowest BCUT2D eigenvalue weighted by molar-refractivity contribution is -0.190. The fourth-order valence-electron chi connectivity index (χ4n) is 5.63. The van der Waals surface area contributed by atoms with E-state index in [4.69, 9.17) is 14.5 Å². The summed E-state index contributed by atoms with van der Waals surface area (Å²) >= 11 is 0. The Kier molecular flexibility index (Phi) is 6.13. The summed E-state index contributed by atoms with van der Waals surface area (Å²) in [6.07, 6.45) is 19.4. The van der Waals surface area contributed by atoms with Crippen LogP contribution in [0, 0.1) is 0 Å². The molecule has 0 amide bonds. The summed E-state index contributed by atoms with van der Waals surface area (Å²) in [5.41, 5.74) is 4.58. The van der Waals surface area contributed by atoms with E-state index >= 15 is 0 Å². The molecule has 1 saturated carbocycles. The topological polar surface area (TPSA) is 84.3 Å². The molecule has 4 aromatic heterocycles. The first kappa shape index (κ1) is 23.4. The quantitative estimate of drug-likeness (QED) is 0.343. The van der Waals surface area contributed by atoms with Gasteiger partial charge in [0.1, 0.15) is 6.10 Å². The highest BCUT2D eigenvalue weighted by atomic mass is 16.7. The van der Waals surface area contributed by atoms with Crippen molar-refractivity contribution in [3.8, 4) is 22.5 Å². The highest BCUT2D eigenvalue weighted by Gasteiger charge is 2.44. The zero-order chi connectivity index (χ0) is 24.7. The van der Waals surface area contributed by atoms with Crippen molar-refractivity contribution < 1.29 is 9.47 Å². The van der Waals surface area contributed by atoms with Crippen molar-refractivity contribution in [1.29, 1.82) is 0 Å². The molecule has 36 heavy (non-hydrogen) atoms. The number of rotatable bonds is 7. The maximum Gasteiger partial charge on any atom is 0.169 e. The Morgan fingerprint density at radius 3 is 2.53 bits per heavy atom. The molecule has 1 unspecified atom stereocenters. The number of ether oxygens (including phenoxy) is 2. The zero-order valence-corrected chi connectivity index (χ0v) is 21.4. The monoisotopic (exact) mass is 489 g/mol. The van der Waals surface area contributed by atoms with Gasteiger partial charge < -0.3 is 9.47 Å². The number of nitrogens with zero attached hydrogens (tertiary/aromatic N) is 7. The molecule has 190 valence electrons. The van der Waals surface area contributed by atoms with E-state index in [-0.39, 0.29) is 17.9 Å². The number of hydrogen-bond acceptors (Lipinski definition) is 6. The molecule has 9 nitrogen and oxygen atoms in total. The largest absolute Gasteiger partial charge is 0.347 e. The molecule has 9 heteroatoms. The van der Waals surface area contributed by atoms with Gasteiger partial charge in [0.05, 0.1) is 60.4 Å². The van der Waals surface area contributed by atoms with Crippen LogP contribution < -0.4 is 0 Å². The fraction of sp³-hybridized carbons (Fsp3) is 0.556. The lowest BCUT2D eigenvalue weighted by atomic mass is 9.94. The molecule has 2 fully saturated rings. The standard InChI is InChI=1S/C27H35N7O2/c1-4-22(5-2)33-16-21(14-30-33)26-24-9-12-28-34(24)17-23(31-26)20-13-29-32(15-20)19(3)25-18-35-27(36-25)10-7-6-8-11-27/h9,12-17,19,22,25H,4-8,10-11,18H2,1-3H3/t19-,25?/m0/s1. The third kappa shape index (κ3) is 4.14. The molecule has 0 radical (unpaired) electrons. The molecule has 4 aromatic rings. The van der Waals surface area contributed by atoms with Gasteiger partial charge in [0.25, 0.3) is 0 Å². The smallest absolute Gasteiger partial charge is 0.169 e. The first-order valence-electron chi connectivity index (χ1n) is 13.3. The van der Waals surface area contributed by atoms with Crippen LogP contribution >= 0.6 is 0 Å². The van der Waals surface area contributed by atoms with Gasteiger partial charge in [-0.25, -0.2) is 9.50 Å². The van der Waals surface area contributed by atoms with Crippen molar-refractivity contribution in [2.45, 2.75) is 89.7 Å². The molecule has 2 aliphatic rings. The van der Waals surface area contributed by atoms with Crippen LogP contribution in [0.5, 0.6) is 0 Å². The predicted octanol–water partition coefficient (Wildman–Crippen LogP) is 5.45. The zero-order valence-electron chi connectivity index (χ0n) is 21.4. The normalized spacial score (nSPS) is 20.6. The van der Waals surface area contributed by atoms with Crippen LogP contribution in [0.25, 0.3) is 28.0 Å². The fourth-order valence-corrected chi connectivity index (χ4v) is 5.63. The minimum Gasteiger partial charge on any atom is -0.347 e. The van der Waals surface area contributed by atoms with Gasteiger partial charge in [-0.2, -0.15) is 15.3 Å². The molecule has 1 saturated heterocycles. The molecule has 1 aliphatic carbocycles. The third-order valence-corrected chi connectivity index (χ3v) is 7.93. The van der Waals surface area contributed by atoms with Gasteiger partial charge in [-0.3, -0.25) is 9.36 Å². The van der Waals surface area contributed by atoms with Gasteiger partial charge in [0.15, 0.2) is 5.79 Å². The number of fused-ring (bicyclic) bond motifs is 1. The maximum atomic E-state index is 6.46. The lowest BCUT2D eigenvalue weighted by Gasteiger charge is -2.32. The van der Waals surface area contributed by atoms with E-state index in [1.165, 1.54) is 19.3 Å². The molecule has 0 bridgehead atoms. The molecule has 0 N–H and O–H groups in total. The van der Waals surface area contributed by atoms with E-state index in [0.717, 1.165) is 53.7 Å². The van der Waals surface area contributed by atoms with Gasteiger partial charge in [-0.05, 0) is 38.7 Å². The van der Waals surface area contributed by atoms with Crippen LogP contribution in [0.2, 0.25) is 0 Å². The molecular formula is C27H35N7O2. The minimum atomic E-state index is -0.381. The average Bonchev–Trinajstić information content (AvgIpc) is 3.71. The van der Waals surface area contributed by atoms with E-state index in [2.05, 4.69) is 53.1 Å². The van der Waals surface area contributed by atoms with Crippen LogP contribution in [-0.4, -0.2) is 52.7 Å². The third-order valence-electron chi connectivity index (χ3n) is 7.93. The Bertz CT molecular complexity index is 1330. The van der Waals surface area contributed by atoms with Gasteiger partial charge in [0.2, 0.25) is 0 Å². The van der Waals surface area contributed by atoms with E-state index < -0.39 is 0 Å². The van der Waals surface area contributed by atoms with Crippen LogP contribution in [0.3, 0.4) is 0 Å². The van der Waals surface area contributed by atoms with Crippen LogP contribution in [0.1, 0.15) is 77.8 Å². The van der Waals surface area contributed by atoms with Crippen molar-refractivity contribution in [2.24, 2.45) is 0 Å². The Balaban J connectivity index is 1.28. The molecule has 5 heterocycles. The Morgan fingerprint density at radius 2 is 1.72 bits per heavy atom. The minimum absolute atomic E-state index is 0.0103. The van der Waals surface area contributed by atoms with Crippen molar-refractivity contribution in [2.75, 3.05) is 6.61 Å². The predicted molar refractivity (Wildman–Crippen MR) is 136 cm³/mol. The molecule has 2 atom stereocenters. The summed E-state index contributed by atoms with van der Waals surface area (Å²) in [6.45, 7) is 7.15. The van der Waals surface area contributed by atoms with Crippen LogP contribution in [0.15, 0.2) is 43.2 Å². The second-order valence-corrected chi connectivity index (χ2v) is 10.2. The summed E-state index contributed by atoms with van der Waals surface area (Å²) in [4.78, 5) is 5.05. The van der Waals surface area contributed by atoms with Crippen molar-refractivity contribution in [1.82, 2.24) is 34.2 Å². The second-order valence-electron chi connectivity index (χ2n) is 10.2. The SMILES string of the molecule is CCC(CC)n1cc(-c2nc(-c3cnn([C@@H](C)C4COC5(CCCCC5)O4)c3)cn3nccc23)cn1. The van der Waals surface area contributed by atoms with Gasteiger partial charge in [-0.1, -0.05) is 20.3 Å². The molecular weight excluding hydrogens is 454 g/mol. The highest BCUT2D eigenvalue weighted by molar-refractivity contribution is 5.78. The highest BCUT2D eigenvalue weighted by Crippen LogP contribution is 2.40. The van der Waals surface area contributed by atoms with Crippen molar-refractivity contribution >= 4 is 5.52 Å². The summed E-state index contributed by atoms with van der Waals surface area (Å²) in [6, 6.07) is 2.44. The van der Waals surface area contributed by atoms with Crippen LogP contribution in [0.4, 0.5) is 0 Å². The first-order valence-corrected chi connectivity index (χ1v) is 13.3. The van der Waals surface area contributed by atoms with E-state index in [0.29, 0.717) is 12.6 Å². The van der Waals surface area contributed by atoms with Crippen LogP contribution in [-0.2, 0) is 9.47 Å². The molecule has 0 aromatic carbocycles. The molecule has 6 rings (SSSR count). The first-order chi connectivity index (χ1) is 17.6. The summed E-state index contributed by atoms with van der Waals surface area (Å²) < 4.78 is 18.5. The van der Waals surface area contributed by atoms with E-state index in [9.17, 15) is 0 Å². The number of aromatic nitrogens is 7. The Labute approximate surface area is 211 Å². The number of hydrogen-bond donors (Lipinski definition) is 0. The summed E-state index contributed by atoms with van der Waals surface area (Å²) in [5.74, 6) is -0.381. The van der Waals surface area contributed by atoms with E-state index in [1.807, 2.05) is 33.9 Å². The average molecular weight is 490 g/mol. The molecule has 1 spiro atoms. The molecule has 1 aliphatic heterocycles. The second kappa shape index (κ2) is 9.44. The van der Waals surface area contributed by atoms with Crippen molar-refractivity contribution in [3.63, 3.8) is 0 Å².